The Hall–Kier alpha value is -1.59. The zero-order chi connectivity index (χ0) is 13.0. The Kier molecular flexibility index (Phi) is 4.17. The number of aromatic nitrogens is 2. The molecule has 0 saturated carbocycles. The average molecular weight is 250 g/mol. The quantitative estimate of drug-likeness (QED) is 0.847. The second kappa shape index (κ2) is 5.84. The number of rotatable bonds is 6. The van der Waals surface area contributed by atoms with Gasteiger partial charge in [0.15, 0.2) is 0 Å². The highest BCUT2D eigenvalue weighted by Gasteiger charge is 2.09. The molecule has 2 heterocycles. The van der Waals surface area contributed by atoms with Gasteiger partial charge >= 0.3 is 0 Å². The maximum atomic E-state index is 9.86. The first-order valence-corrected chi connectivity index (χ1v) is 5.93. The van der Waals surface area contributed by atoms with E-state index in [1.54, 1.807) is 12.6 Å². The van der Waals surface area contributed by atoms with Gasteiger partial charge in [-0.3, -0.25) is 0 Å². The number of nitrogens with zero attached hydrogens (tertiary/aromatic N) is 2. The van der Waals surface area contributed by atoms with Gasteiger partial charge in [0.25, 0.3) is 0 Å². The molecule has 0 aliphatic heterocycles. The van der Waals surface area contributed by atoms with Crippen molar-refractivity contribution in [1.82, 2.24) is 9.55 Å². The molecule has 1 atom stereocenters. The minimum Gasteiger partial charge on any atom is -0.467 e. The molecular formula is C13H18N2O3. The van der Waals surface area contributed by atoms with Gasteiger partial charge in [0.1, 0.15) is 12.4 Å². The van der Waals surface area contributed by atoms with Gasteiger partial charge in [0, 0.05) is 5.69 Å². The Bertz CT molecular complexity index is 476. The van der Waals surface area contributed by atoms with Gasteiger partial charge in [-0.05, 0) is 26.0 Å². The van der Waals surface area contributed by atoms with E-state index in [-0.39, 0.29) is 6.61 Å². The second-order valence-corrected chi connectivity index (χ2v) is 4.32. The van der Waals surface area contributed by atoms with Gasteiger partial charge < -0.3 is 18.8 Å². The van der Waals surface area contributed by atoms with E-state index in [9.17, 15) is 5.11 Å². The lowest BCUT2D eigenvalue weighted by molar-refractivity contribution is 0.0144. The minimum atomic E-state index is -0.549. The summed E-state index contributed by atoms with van der Waals surface area (Å²) in [5.41, 5.74) is 2.05. The number of aliphatic hydroxyl groups excluding tert-OH is 1. The summed E-state index contributed by atoms with van der Waals surface area (Å²) < 4.78 is 12.4. The Morgan fingerprint density at radius 3 is 2.94 bits per heavy atom. The van der Waals surface area contributed by atoms with Crippen LogP contribution >= 0.6 is 0 Å². The van der Waals surface area contributed by atoms with Gasteiger partial charge in [-0.25, -0.2) is 4.98 Å². The fourth-order valence-corrected chi connectivity index (χ4v) is 1.70. The van der Waals surface area contributed by atoms with Crippen molar-refractivity contribution < 1.29 is 14.3 Å². The van der Waals surface area contributed by atoms with Gasteiger partial charge in [0.2, 0.25) is 0 Å². The standard InChI is InChI=1S/C13H18N2O3/c1-10-11(2)15(9-14-10)6-12(16)7-17-8-13-4-3-5-18-13/h3-5,9,12,16H,6-8H2,1-2H3. The molecule has 0 spiro atoms. The molecule has 0 bridgehead atoms. The van der Waals surface area contributed by atoms with E-state index < -0.39 is 6.10 Å². The third-order valence-electron chi connectivity index (χ3n) is 2.89. The number of aliphatic hydroxyl groups is 1. The summed E-state index contributed by atoms with van der Waals surface area (Å²) in [7, 11) is 0. The summed E-state index contributed by atoms with van der Waals surface area (Å²) in [6, 6.07) is 3.66. The number of ether oxygens (including phenoxy) is 1. The highest BCUT2D eigenvalue weighted by atomic mass is 16.5. The summed E-state index contributed by atoms with van der Waals surface area (Å²) in [4.78, 5) is 4.19. The van der Waals surface area contributed by atoms with Gasteiger partial charge in [-0.15, -0.1) is 0 Å². The van der Waals surface area contributed by atoms with Crippen LogP contribution in [0.15, 0.2) is 29.1 Å². The van der Waals surface area contributed by atoms with Crippen molar-refractivity contribution in [3.63, 3.8) is 0 Å². The SMILES string of the molecule is Cc1ncn(CC(O)COCc2ccco2)c1C. The van der Waals surface area contributed by atoms with Crippen molar-refractivity contribution in [2.24, 2.45) is 0 Å². The molecule has 0 fully saturated rings. The fourth-order valence-electron chi connectivity index (χ4n) is 1.70. The Morgan fingerprint density at radius 2 is 2.33 bits per heavy atom. The molecule has 0 amide bonds. The van der Waals surface area contributed by atoms with Crippen LogP contribution in [-0.4, -0.2) is 27.4 Å². The molecule has 2 aromatic heterocycles. The molecule has 2 rings (SSSR count). The number of hydrogen-bond acceptors (Lipinski definition) is 4. The lowest BCUT2D eigenvalue weighted by Gasteiger charge is -2.12. The number of furan rings is 1. The van der Waals surface area contributed by atoms with E-state index in [4.69, 9.17) is 9.15 Å². The number of hydrogen-bond donors (Lipinski definition) is 1. The predicted octanol–water partition coefficient (Wildman–Crippen LogP) is 1.67. The molecule has 5 heteroatoms. The Labute approximate surface area is 106 Å². The van der Waals surface area contributed by atoms with Crippen molar-refractivity contribution in [1.29, 1.82) is 0 Å². The molecule has 98 valence electrons. The summed E-state index contributed by atoms with van der Waals surface area (Å²) in [6.07, 6.45) is 2.79. The molecule has 1 unspecified atom stereocenters. The number of aryl methyl sites for hydroxylation is 1. The van der Waals surface area contributed by atoms with E-state index in [1.165, 1.54) is 0 Å². The van der Waals surface area contributed by atoms with Crippen molar-refractivity contribution >= 4 is 0 Å². The first-order chi connectivity index (χ1) is 8.66. The van der Waals surface area contributed by atoms with Gasteiger partial charge in [-0.2, -0.15) is 0 Å². The first kappa shape index (κ1) is 12.9. The van der Waals surface area contributed by atoms with Crippen LogP contribution in [0.25, 0.3) is 0 Å². The molecule has 5 nitrogen and oxygen atoms in total. The van der Waals surface area contributed by atoms with Crippen LogP contribution in [0, 0.1) is 13.8 Å². The van der Waals surface area contributed by atoms with Crippen LogP contribution in [0.1, 0.15) is 17.1 Å². The highest BCUT2D eigenvalue weighted by molar-refractivity contribution is 5.08. The van der Waals surface area contributed by atoms with Gasteiger partial charge in [0.05, 0.1) is 37.5 Å². The van der Waals surface area contributed by atoms with Crippen LogP contribution in [0.5, 0.6) is 0 Å². The van der Waals surface area contributed by atoms with Crippen molar-refractivity contribution in [2.75, 3.05) is 6.61 Å². The van der Waals surface area contributed by atoms with Crippen molar-refractivity contribution in [3.8, 4) is 0 Å². The molecule has 18 heavy (non-hydrogen) atoms. The largest absolute Gasteiger partial charge is 0.467 e. The lowest BCUT2D eigenvalue weighted by Crippen LogP contribution is -2.22. The van der Waals surface area contributed by atoms with Crippen molar-refractivity contribution in [2.45, 2.75) is 33.1 Å². The first-order valence-electron chi connectivity index (χ1n) is 5.93. The summed E-state index contributed by atoms with van der Waals surface area (Å²) >= 11 is 0. The van der Waals surface area contributed by atoms with Gasteiger partial charge in [-0.1, -0.05) is 0 Å². The molecule has 0 aliphatic rings. The molecule has 2 aromatic rings. The third-order valence-corrected chi connectivity index (χ3v) is 2.89. The zero-order valence-corrected chi connectivity index (χ0v) is 10.7. The lowest BCUT2D eigenvalue weighted by atomic mass is 10.3. The maximum absolute atomic E-state index is 9.86. The molecule has 1 N–H and O–H groups in total. The molecule has 0 radical (unpaired) electrons. The summed E-state index contributed by atoms with van der Waals surface area (Å²) in [5, 5.41) is 9.86. The highest BCUT2D eigenvalue weighted by Crippen LogP contribution is 2.06. The maximum Gasteiger partial charge on any atom is 0.129 e. The van der Waals surface area contributed by atoms with Crippen LogP contribution < -0.4 is 0 Å². The van der Waals surface area contributed by atoms with Crippen LogP contribution in [0.4, 0.5) is 0 Å². The van der Waals surface area contributed by atoms with Crippen LogP contribution in [0.3, 0.4) is 0 Å². The molecule has 0 aliphatic carbocycles. The monoisotopic (exact) mass is 250 g/mol. The van der Waals surface area contributed by atoms with Crippen LogP contribution in [-0.2, 0) is 17.9 Å². The molecule has 0 aromatic carbocycles. The fraction of sp³-hybridized carbons (Fsp3) is 0.462. The smallest absolute Gasteiger partial charge is 0.129 e. The third kappa shape index (κ3) is 3.21. The van der Waals surface area contributed by atoms with E-state index in [0.29, 0.717) is 13.2 Å². The topological polar surface area (TPSA) is 60.4 Å². The van der Waals surface area contributed by atoms with E-state index >= 15 is 0 Å². The average Bonchev–Trinajstić information content (AvgIpc) is 2.95. The van der Waals surface area contributed by atoms with E-state index in [2.05, 4.69) is 4.98 Å². The van der Waals surface area contributed by atoms with E-state index in [0.717, 1.165) is 17.1 Å². The van der Waals surface area contributed by atoms with Crippen LogP contribution in [0.2, 0.25) is 0 Å². The Balaban J connectivity index is 1.75. The Morgan fingerprint density at radius 1 is 1.50 bits per heavy atom. The second-order valence-electron chi connectivity index (χ2n) is 4.32. The zero-order valence-electron chi connectivity index (χ0n) is 10.7. The predicted molar refractivity (Wildman–Crippen MR) is 66.1 cm³/mol. The van der Waals surface area contributed by atoms with E-state index in [1.807, 2.05) is 30.5 Å². The molecule has 0 saturated heterocycles. The summed E-state index contributed by atoms with van der Waals surface area (Å²) in [5.74, 6) is 0.761. The number of imidazole rings is 1. The normalized spacial score (nSPS) is 12.8. The minimum absolute atomic E-state index is 0.275. The van der Waals surface area contributed by atoms with Crippen molar-refractivity contribution in [3.05, 3.63) is 41.9 Å². The summed E-state index contributed by atoms with van der Waals surface area (Å²) in [6.45, 7) is 5.08. The molecular weight excluding hydrogens is 232 g/mol.